The smallest absolute Gasteiger partial charge is 0.251 e. The van der Waals surface area contributed by atoms with Crippen molar-refractivity contribution in [3.63, 3.8) is 0 Å². The van der Waals surface area contributed by atoms with Gasteiger partial charge < -0.3 is 9.72 Å². The van der Waals surface area contributed by atoms with E-state index in [9.17, 15) is 4.79 Å². The number of imidazole rings is 1. The lowest BCUT2D eigenvalue weighted by atomic mass is 10.2. The topological polar surface area (TPSA) is 59.3 Å². The molecule has 2 aromatic carbocycles. The lowest BCUT2D eigenvalue weighted by Gasteiger charge is -2.04. The molecule has 0 aliphatic rings. The van der Waals surface area contributed by atoms with Crippen molar-refractivity contribution < 1.29 is 4.79 Å². The lowest BCUT2D eigenvalue weighted by molar-refractivity contribution is 0.0950. The first-order valence-electron chi connectivity index (χ1n) is 10.0. The zero-order chi connectivity index (χ0) is 21.0. The fourth-order valence-electron chi connectivity index (χ4n) is 3.43. The van der Waals surface area contributed by atoms with Crippen LogP contribution in [0.2, 0.25) is 0 Å². The van der Waals surface area contributed by atoms with Gasteiger partial charge in [0.15, 0.2) is 0 Å². The van der Waals surface area contributed by atoms with Gasteiger partial charge in [-0.15, -0.1) is 11.3 Å². The van der Waals surface area contributed by atoms with Crippen molar-refractivity contribution in [1.29, 1.82) is 0 Å². The van der Waals surface area contributed by atoms with Crippen molar-refractivity contribution in [3.8, 4) is 11.3 Å². The zero-order valence-corrected chi connectivity index (χ0v) is 17.5. The molecule has 152 valence electrons. The van der Waals surface area contributed by atoms with Crippen molar-refractivity contribution in [1.82, 2.24) is 19.7 Å². The van der Waals surface area contributed by atoms with Crippen LogP contribution in [0.3, 0.4) is 0 Å². The molecule has 0 spiro atoms. The van der Waals surface area contributed by atoms with Gasteiger partial charge in [0.25, 0.3) is 5.91 Å². The first kappa shape index (κ1) is 19.2. The molecule has 0 aliphatic heterocycles. The van der Waals surface area contributed by atoms with Crippen molar-refractivity contribution in [2.75, 3.05) is 0 Å². The van der Waals surface area contributed by atoms with Gasteiger partial charge in [0.1, 0.15) is 5.65 Å². The molecule has 3 heterocycles. The summed E-state index contributed by atoms with van der Waals surface area (Å²) in [5.41, 5.74) is 5.36. The quantitative estimate of drug-likeness (QED) is 0.418. The largest absolute Gasteiger partial charge is 0.346 e. The van der Waals surface area contributed by atoms with E-state index in [0.717, 1.165) is 34.0 Å². The molecule has 3 aromatic heterocycles. The Hall–Kier alpha value is -3.77. The van der Waals surface area contributed by atoms with Crippen LogP contribution in [0.4, 0.5) is 0 Å². The maximum atomic E-state index is 12.7. The lowest BCUT2D eigenvalue weighted by Crippen LogP contribution is -2.23. The predicted octanol–water partition coefficient (Wildman–Crippen LogP) is 4.98. The van der Waals surface area contributed by atoms with Gasteiger partial charge in [0.2, 0.25) is 0 Å². The Morgan fingerprint density at radius 2 is 1.74 bits per heavy atom. The average Bonchev–Trinajstić information content (AvgIpc) is 3.45. The van der Waals surface area contributed by atoms with Crippen molar-refractivity contribution in [3.05, 3.63) is 112 Å². The number of nitrogens with zero attached hydrogens (tertiary/aromatic N) is 3. The summed E-state index contributed by atoms with van der Waals surface area (Å²) < 4.78 is 1.93. The molecule has 5 aromatic rings. The third-order valence-electron chi connectivity index (χ3n) is 5.02. The normalized spacial score (nSPS) is 11.0. The number of carbonyl (C=O) groups is 1. The number of benzene rings is 2. The van der Waals surface area contributed by atoms with E-state index in [1.54, 1.807) is 17.4 Å². The maximum absolute atomic E-state index is 12.7. The van der Waals surface area contributed by atoms with Crippen molar-refractivity contribution in [2.45, 2.75) is 13.0 Å². The molecule has 5 nitrogen and oxygen atoms in total. The van der Waals surface area contributed by atoms with Gasteiger partial charge in [-0.1, -0.05) is 60.7 Å². The van der Waals surface area contributed by atoms with Gasteiger partial charge in [-0.3, -0.25) is 4.79 Å². The Labute approximate surface area is 184 Å². The summed E-state index contributed by atoms with van der Waals surface area (Å²) in [6.07, 6.45) is 4.64. The Bertz CT molecular complexity index is 1330. The SMILES string of the molecule is O=C(NCc1csc(Cc2ccccc2)n1)c1ccn2cc(-c3ccccc3)nc2c1. The number of amides is 1. The maximum Gasteiger partial charge on any atom is 0.251 e. The summed E-state index contributed by atoms with van der Waals surface area (Å²) in [5.74, 6) is -0.135. The third-order valence-corrected chi connectivity index (χ3v) is 5.92. The number of carbonyl (C=O) groups excluding carboxylic acids is 1. The number of fused-ring (bicyclic) bond motifs is 1. The number of thiazole rings is 1. The van der Waals surface area contributed by atoms with Gasteiger partial charge in [0, 0.05) is 35.3 Å². The summed E-state index contributed by atoms with van der Waals surface area (Å²) in [4.78, 5) is 22.0. The highest BCUT2D eigenvalue weighted by molar-refractivity contribution is 7.09. The Balaban J connectivity index is 1.25. The molecule has 0 bridgehead atoms. The number of nitrogens with one attached hydrogen (secondary N) is 1. The van der Waals surface area contributed by atoms with Crippen LogP contribution in [0.15, 0.2) is 90.6 Å². The van der Waals surface area contributed by atoms with E-state index in [4.69, 9.17) is 0 Å². The number of aromatic nitrogens is 3. The van der Waals surface area contributed by atoms with Crippen LogP contribution in [0.25, 0.3) is 16.9 Å². The molecule has 5 rings (SSSR count). The van der Waals surface area contributed by atoms with Crippen LogP contribution in [-0.2, 0) is 13.0 Å². The Morgan fingerprint density at radius 1 is 0.968 bits per heavy atom. The molecule has 0 saturated heterocycles. The van der Waals surface area contributed by atoms with Crippen LogP contribution >= 0.6 is 11.3 Å². The fourth-order valence-corrected chi connectivity index (χ4v) is 4.25. The first-order chi connectivity index (χ1) is 15.2. The standard InChI is InChI=1S/C25H20N4OS/c30-25(26-15-21-17-31-24(27-21)13-18-7-3-1-4-8-18)20-11-12-29-16-22(28-23(29)14-20)19-9-5-2-6-10-19/h1-12,14,16-17H,13,15H2,(H,26,30). The van der Waals surface area contributed by atoms with Crippen LogP contribution in [0.1, 0.15) is 26.6 Å². The molecule has 0 aliphatic carbocycles. The number of pyridine rings is 1. The molecule has 1 N–H and O–H groups in total. The third kappa shape index (κ3) is 4.39. The van der Waals surface area contributed by atoms with Crippen LogP contribution in [0.5, 0.6) is 0 Å². The molecule has 0 saturated carbocycles. The zero-order valence-electron chi connectivity index (χ0n) is 16.7. The highest BCUT2D eigenvalue weighted by Gasteiger charge is 2.11. The molecule has 1 amide bonds. The van der Waals surface area contributed by atoms with Crippen LogP contribution < -0.4 is 5.32 Å². The summed E-state index contributed by atoms with van der Waals surface area (Å²) >= 11 is 1.62. The number of rotatable bonds is 6. The monoisotopic (exact) mass is 424 g/mol. The molecule has 0 unspecified atom stereocenters. The minimum Gasteiger partial charge on any atom is -0.346 e. The molecule has 0 fully saturated rings. The molecule has 0 radical (unpaired) electrons. The first-order valence-corrected chi connectivity index (χ1v) is 10.9. The van der Waals surface area contributed by atoms with Crippen molar-refractivity contribution in [2.24, 2.45) is 0 Å². The Kier molecular flexibility index (Phi) is 5.29. The molecule has 31 heavy (non-hydrogen) atoms. The molecular weight excluding hydrogens is 404 g/mol. The Morgan fingerprint density at radius 3 is 2.55 bits per heavy atom. The van der Waals surface area contributed by atoms with E-state index in [1.807, 2.05) is 76.8 Å². The summed E-state index contributed by atoms with van der Waals surface area (Å²) in [7, 11) is 0. The predicted molar refractivity (Wildman–Crippen MR) is 123 cm³/mol. The average molecular weight is 425 g/mol. The second-order valence-corrected chi connectivity index (χ2v) is 8.19. The van der Waals surface area contributed by atoms with Gasteiger partial charge in [-0.2, -0.15) is 0 Å². The fraction of sp³-hybridized carbons (Fsp3) is 0.0800. The highest BCUT2D eigenvalue weighted by Crippen LogP contribution is 2.19. The van der Waals surface area contributed by atoms with E-state index in [1.165, 1.54) is 5.56 Å². The van der Waals surface area contributed by atoms with E-state index >= 15 is 0 Å². The second-order valence-electron chi connectivity index (χ2n) is 7.25. The summed E-state index contributed by atoms with van der Waals surface area (Å²) in [6, 6.07) is 23.9. The minimum atomic E-state index is -0.135. The highest BCUT2D eigenvalue weighted by atomic mass is 32.1. The van der Waals surface area contributed by atoms with Gasteiger partial charge in [-0.25, -0.2) is 9.97 Å². The van der Waals surface area contributed by atoms with Crippen LogP contribution in [-0.4, -0.2) is 20.3 Å². The minimum absolute atomic E-state index is 0.135. The van der Waals surface area contributed by atoms with E-state index in [0.29, 0.717) is 12.1 Å². The van der Waals surface area contributed by atoms with E-state index < -0.39 is 0 Å². The van der Waals surface area contributed by atoms with Crippen LogP contribution in [0, 0.1) is 0 Å². The van der Waals surface area contributed by atoms with Crippen molar-refractivity contribution >= 4 is 22.9 Å². The molecule has 6 heteroatoms. The van der Waals surface area contributed by atoms with Gasteiger partial charge >= 0.3 is 0 Å². The number of hydrogen-bond donors (Lipinski definition) is 1. The second kappa shape index (κ2) is 8.53. The number of hydrogen-bond acceptors (Lipinski definition) is 4. The van der Waals surface area contributed by atoms with Gasteiger partial charge in [0.05, 0.1) is 22.9 Å². The van der Waals surface area contributed by atoms with E-state index in [-0.39, 0.29) is 5.91 Å². The van der Waals surface area contributed by atoms with Gasteiger partial charge in [-0.05, 0) is 17.7 Å². The molecule has 0 atom stereocenters. The van der Waals surface area contributed by atoms with E-state index in [2.05, 4.69) is 27.4 Å². The summed E-state index contributed by atoms with van der Waals surface area (Å²) in [5, 5.41) is 6.01. The summed E-state index contributed by atoms with van der Waals surface area (Å²) in [6.45, 7) is 0.402. The molecular formula is C25H20N4OS.